The molecule has 0 aromatic rings. The quantitative estimate of drug-likeness (QED) is 0.688. The summed E-state index contributed by atoms with van der Waals surface area (Å²) >= 11 is -5.10. The lowest BCUT2D eigenvalue weighted by molar-refractivity contribution is -0.136. The van der Waals surface area contributed by atoms with E-state index in [0.29, 0.717) is 0 Å². The van der Waals surface area contributed by atoms with Gasteiger partial charge in [0.2, 0.25) is 11.2 Å². The number of aliphatic carboxylic acids is 1. The lowest BCUT2D eigenvalue weighted by Crippen LogP contribution is -1.98. The Balaban J connectivity index is 3.39. The molecule has 0 aromatic heterocycles. The minimum Gasteiger partial charge on any atom is -0.481 e. The van der Waals surface area contributed by atoms with Crippen molar-refractivity contribution in [2.45, 2.75) is 6.42 Å². The molecule has 1 N–H and O–H groups in total. The van der Waals surface area contributed by atoms with Gasteiger partial charge in [-0.1, -0.05) is 0 Å². The molecule has 0 aliphatic carbocycles. The van der Waals surface area contributed by atoms with Gasteiger partial charge in [0.25, 0.3) is 0 Å². The molecule has 0 radical (unpaired) electrons. The van der Waals surface area contributed by atoms with Crippen LogP contribution in [0.1, 0.15) is 6.42 Å². The first kappa shape index (κ1) is 8.61. The first-order valence-electron chi connectivity index (χ1n) is 2.03. The van der Waals surface area contributed by atoms with E-state index in [9.17, 15) is 16.5 Å². The Morgan fingerprint density at radius 2 is 1.89 bits per heavy atom. The van der Waals surface area contributed by atoms with Gasteiger partial charge >= 0.3 is 5.97 Å². The van der Waals surface area contributed by atoms with Gasteiger partial charge in [0.15, 0.2) is 0 Å². The number of halogens is 3. The highest BCUT2D eigenvalue weighted by atomic mass is 32.3. The number of rotatable bonds is 3. The SMILES string of the molecule is O=C(O)CCS(F)(F)F. The standard InChI is InChI=1S/C3H5F3O2S/c4-9(5,6)2-1-3(7)8/h1-2H2,(H,7,8). The van der Waals surface area contributed by atoms with Crippen LogP contribution in [0.5, 0.6) is 0 Å². The lowest BCUT2D eigenvalue weighted by atomic mass is 10.5. The monoisotopic (exact) mass is 162 g/mol. The second-order valence-electron chi connectivity index (χ2n) is 1.35. The second kappa shape index (κ2) is 2.95. The zero-order chi connectivity index (χ0) is 7.49. The van der Waals surface area contributed by atoms with Gasteiger partial charge in [0.1, 0.15) is 0 Å². The maximum atomic E-state index is 11.2. The molecule has 0 aliphatic rings. The van der Waals surface area contributed by atoms with E-state index in [-0.39, 0.29) is 0 Å². The van der Waals surface area contributed by atoms with Crippen LogP contribution in [0.15, 0.2) is 0 Å². The van der Waals surface area contributed by atoms with Crippen molar-refractivity contribution < 1.29 is 21.6 Å². The molecule has 0 rings (SSSR count). The fraction of sp³-hybridized carbons (Fsp3) is 0.667. The predicted molar refractivity (Wildman–Crippen MR) is 28.0 cm³/mol. The summed E-state index contributed by atoms with van der Waals surface area (Å²) in [4.78, 5) is 9.56. The van der Waals surface area contributed by atoms with Crippen molar-refractivity contribution in [2.24, 2.45) is 0 Å². The van der Waals surface area contributed by atoms with Crippen LogP contribution >= 0.6 is 11.2 Å². The fourth-order valence-corrected chi connectivity index (χ4v) is 0.609. The van der Waals surface area contributed by atoms with E-state index in [1.165, 1.54) is 0 Å². The summed E-state index contributed by atoms with van der Waals surface area (Å²) in [5.41, 5.74) is 0. The molecule has 0 aliphatic heterocycles. The third-order valence-corrected chi connectivity index (χ3v) is 1.21. The van der Waals surface area contributed by atoms with Crippen molar-refractivity contribution in [2.75, 3.05) is 5.75 Å². The second-order valence-corrected chi connectivity index (χ2v) is 2.76. The van der Waals surface area contributed by atoms with Crippen LogP contribution < -0.4 is 0 Å². The predicted octanol–water partition coefficient (Wildman–Crippen LogP) is 1.92. The Kier molecular flexibility index (Phi) is 2.83. The molecule has 0 heterocycles. The van der Waals surface area contributed by atoms with Crippen molar-refractivity contribution in [1.29, 1.82) is 0 Å². The molecule has 0 saturated carbocycles. The van der Waals surface area contributed by atoms with E-state index in [2.05, 4.69) is 0 Å². The largest absolute Gasteiger partial charge is 0.481 e. The van der Waals surface area contributed by atoms with Crippen LogP contribution in [0.25, 0.3) is 0 Å². The number of hydrogen-bond acceptors (Lipinski definition) is 1. The summed E-state index contributed by atoms with van der Waals surface area (Å²) in [6, 6.07) is 0. The Morgan fingerprint density at radius 1 is 1.44 bits per heavy atom. The number of carboxylic acid groups (broad SMARTS) is 1. The van der Waals surface area contributed by atoms with Crippen LogP contribution in [0, 0.1) is 0 Å². The molecule has 0 saturated heterocycles. The Morgan fingerprint density at radius 3 is 2.00 bits per heavy atom. The smallest absolute Gasteiger partial charge is 0.304 e. The molecular weight excluding hydrogens is 157 g/mol. The fourth-order valence-electron chi connectivity index (χ4n) is 0.203. The molecular formula is C3H5F3O2S. The highest BCUT2D eigenvalue weighted by Gasteiger charge is 2.21. The highest BCUT2D eigenvalue weighted by molar-refractivity contribution is 8.20. The lowest BCUT2D eigenvalue weighted by Gasteiger charge is -2.05. The molecule has 6 heteroatoms. The molecule has 0 bridgehead atoms. The maximum Gasteiger partial charge on any atom is 0.304 e. The van der Waals surface area contributed by atoms with Crippen LogP contribution in [0.4, 0.5) is 11.7 Å². The van der Waals surface area contributed by atoms with Crippen molar-refractivity contribution >= 4 is 17.2 Å². The maximum absolute atomic E-state index is 11.2. The van der Waals surface area contributed by atoms with Crippen LogP contribution in [0.3, 0.4) is 0 Å². The average Bonchev–Trinajstić information content (AvgIpc) is 1.59. The molecule has 0 unspecified atom stereocenters. The van der Waals surface area contributed by atoms with Crippen LogP contribution in [-0.2, 0) is 4.79 Å². The number of carboxylic acids is 1. The average molecular weight is 162 g/mol. The molecule has 0 spiro atoms. The highest BCUT2D eigenvalue weighted by Crippen LogP contribution is 2.53. The van der Waals surface area contributed by atoms with E-state index in [4.69, 9.17) is 5.11 Å². The first-order chi connectivity index (χ1) is 3.92. The normalized spacial score (nSPS) is 13.2. The van der Waals surface area contributed by atoms with Gasteiger partial charge in [-0.15, -0.1) is 11.7 Å². The van der Waals surface area contributed by atoms with Gasteiger partial charge in [0, 0.05) is 0 Å². The van der Waals surface area contributed by atoms with E-state index < -0.39 is 29.3 Å². The van der Waals surface area contributed by atoms with Gasteiger partial charge in [-0.05, 0) is 0 Å². The first-order valence-corrected chi connectivity index (χ1v) is 3.54. The molecule has 56 valence electrons. The zero-order valence-corrected chi connectivity index (χ0v) is 5.13. The minimum atomic E-state index is -5.10. The van der Waals surface area contributed by atoms with Crippen molar-refractivity contribution in [1.82, 2.24) is 0 Å². The van der Waals surface area contributed by atoms with Gasteiger partial charge < -0.3 is 5.11 Å². The van der Waals surface area contributed by atoms with Crippen molar-refractivity contribution in [3.05, 3.63) is 0 Å². The summed E-state index contributed by atoms with van der Waals surface area (Å²) in [6.07, 6.45) is -0.807. The molecule has 0 atom stereocenters. The third-order valence-electron chi connectivity index (χ3n) is 0.547. The number of carbonyl (C=O) groups is 1. The zero-order valence-electron chi connectivity index (χ0n) is 4.31. The summed E-state index contributed by atoms with van der Waals surface area (Å²) in [7, 11) is 0. The van der Waals surface area contributed by atoms with E-state index in [1.54, 1.807) is 0 Å². The summed E-state index contributed by atoms with van der Waals surface area (Å²) < 4.78 is 33.7. The van der Waals surface area contributed by atoms with Crippen molar-refractivity contribution in [3.63, 3.8) is 0 Å². The summed E-state index contributed by atoms with van der Waals surface area (Å²) in [5, 5.41) is 7.79. The third kappa shape index (κ3) is 7.61. The molecule has 2 nitrogen and oxygen atoms in total. The number of hydrogen-bond donors (Lipinski definition) is 1. The Hall–Kier alpha value is -0.390. The van der Waals surface area contributed by atoms with Crippen LogP contribution in [-0.4, -0.2) is 16.8 Å². The molecule has 0 aromatic carbocycles. The Labute approximate surface area is 51.9 Å². The van der Waals surface area contributed by atoms with Gasteiger partial charge in [-0.3, -0.25) is 4.79 Å². The minimum absolute atomic E-state index is 0.807. The topological polar surface area (TPSA) is 37.3 Å². The van der Waals surface area contributed by atoms with Crippen LogP contribution in [0.2, 0.25) is 0 Å². The summed E-state index contributed by atoms with van der Waals surface area (Å²) in [6.45, 7) is 0. The van der Waals surface area contributed by atoms with E-state index >= 15 is 0 Å². The van der Waals surface area contributed by atoms with Crippen molar-refractivity contribution in [3.8, 4) is 0 Å². The molecule has 9 heavy (non-hydrogen) atoms. The summed E-state index contributed by atoms with van der Waals surface area (Å²) in [5.74, 6) is -2.57. The van der Waals surface area contributed by atoms with Gasteiger partial charge in [-0.2, -0.15) is 0 Å². The van der Waals surface area contributed by atoms with E-state index in [0.717, 1.165) is 0 Å². The van der Waals surface area contributed by atoms with E-state index in [1.807, 2.05) is 0 Å². The Bertz CT molecular complexity index is 110. The van der Waals surface area contributed by atoms with Gasteiger partial charge in [-0.25, -0.2) is 0 Å². The molecule has 0 amide bonds. The molecule has 0 fully saturated rings. The van der Waals surface area contributed by atoms with Gasteiger partial charge in [0.05, 0.1) is 12.2 Å².